The first-order chi connectivity index (χ1) is 10.7. The van der Waals surface area contributed by atoms with Gasteiger partial charge in [-0.25, -0.2) is 0 Å². The summed E-state index contributed by atoms with van der Waals surface area (Å²) in [4.78, 5) is 6.82. The molecule has 1 aromatic carbocycles. The van der Waals surface area contributed by atoms with Crippen LogP contribution in [-0.2, 0) is 6.42 Å². The minimum Gasteiger partial charge on any atom is -0.496 e. The van der Waals surface area contributed by atoms with Crippen LogP contribution in [0.4, 0.5) is 0 Å². The number of nitrogens with zero attached hydrogens (tertiary/aromatic N) is 3. The fraction of sp³-hybridized carbons (Fsp3) is 0.500. The third-order valence-corrected chi connectivity index (χ3v) is 4.07. The number of piperazine rings is 1. The zero-order valence-electron chi connectivity index (χ0n) is 13.7. The Morgan fingerprint density at radius 3 is 3.00 bits per heavy atom. The number of hydrogen-bond acceptors (Lipinski definition) is 6. The molecule has 1 saturated heterocycles. The van der Waals surface area contributed by atoms with E-state index in [9.17, 15) is 0 Å². The molecule has 2 aromatic rings. The molecule has 1 aromatic heterocycles. The lowest BCUT2D eigenvalue weighted by Gasteiger charge is -2.30. The number of benzene rings is 1. The standard InChI is InChI=1S/C16H22N4O2.ClH/c1-11-4-5-14(21-3)12(8-11)9-15-18-16(19-22-15)13-10-17-6-7-20(13)2;/h4-5,8,13,17H,6-7,9-10H2,1-3H3;1H. The highest BCUT2D eigenvalue weighted by Crippen LogP contribution is 2.23. The van der Waals surface area contributed by atoms with Gasteiger partial charge in [-0.2, -0.15) is 4.98 Å². The molecule has 0 radical (unpaired) electrons. The van der Waals surface area contributed by atoms with Crippen molar-refractivity contribution in [2.24, 2.45) is 0 Å². The molecule has 0 aliphatic carbocycles. The number of aromatic nitrogens is 2. The molecule has 1 fully saturated rings. The van der Waals surface area contributed by atoms with Crippen molar-refractivity contribution in [2.45, 2.75) is 19.4 Å². The van der Waals surface area contributed by atoms with Crippen LogP contribution in [-0.4, -0.2) is 48.8 Å². The first-order valence-corrected chi connectivity index (χ1v) is 7.54. The number of likely N-dealkylation sites (N-methyl/N-ethyl adjacent to an activating group) is 1. The Hall–Kier alpha value is -1.63. The topological polar surface area (TPSA) is 63.4 Å². The Kier molecular flexibility index (Phi) is 5.98. The molecule has 1 N–H and O–H groups in total. The van der Waals surface area contributed by atoms with E-state index >= 15 is 0 Å². The summed E-state index contributed by atoms with van der Waals surface area (Å²) in [5, 5.41) is 7.52. The second kappa shape index (κ2) is 7.77. The van der Waals surface area contributed by atoms with E-state index < -0.39 is 0 Å². The number of aryl methyl sites for hydroxylation is 1. The summed E-state index contributed by atoms with van der Waals surface area (Å²) >= 11 is 0. The van der Waals surface area contributed by atoms with Crippen LogP contribution in [0.25, 0.3) is 0 Å². The molecule has 1 atom stereocenters. The van der Waals surface area contributed by atoms with E-state index in [2.05, 4.69) is 40.4 Å². The monoisotopic (exact) mass is 338 g/mol. The van der Waals surface area contributed by atoms with Crippen molar-refractivity contribution in [3.05, 3.63) is 41.0 Å². The summed E-state index contributed by atoms with van der Waals surface area (Å²) < 4.78 is 10.8. The van der Waals surface area contributed by atoms with Crippen molar-refractivity contribution in [1.29, 1.82) is 0 Å². The molecule has 0 spiro atoms. The fourth-order valence-electron chi connectivity index (χ4n) is 2.78. The maximum Gasteiger partial charge on any atom is 0.231 e. The number of hydrogen-bond donors (Lipinski definition) is 1. The van der Waals surface area contributed by atoms with Crippen LogP contribution in [0, 0.1) is 6.92 Å². The number of ether oxygens (including phenoxy) is 1. The molecular weight excluding hydrogens is 316 g/mol. The lowest BCUT2D eigenvalue weighted by atomic mass is 10.1. The molecule has 0 saturated carbocycles. The highest BCUT2D eigenvalue weighted by atomic mass is 35.5. The summed E-state index contributed by atoms with van der Waals surface area (Å²) in [5.41, 5.74) is 2.25. The van der Waals surface area contributed by atoms with Gasteiger partial charge in [0, 0.05) is 25.2 Å². The van der Waals surface area contributed by atoms with Gasteiger partial charge in [-0.05, 0) is 20.0 Å². The molecule has 3 rings (SSSR count). The second-order valence-corrected chi connectivity index (χ2v) is 5.74. The predicted octanol–water partition coefficient (Wildman–Crippen LogP) is 1.98. The van der Waals surface area contributed by atoms with Gasteiger partial charge in [-0.3, -0.25) is 4.90 Å². The largest absolute Gasteiger partial charge is 0.496 e. The van der Waals surface area contributed by atoms with Gasteiger partial charge in [0.15, 0.2) is 5.82 Å². The molecule has 2 heterocycles. The van der Waals surface area contributed by atoms with E-state index in [-0.39, 0.29) is 18.4 Å². The van der Waals surface area contributed by atoms with Crippen LogP contribution in [0.3, 0.4) is 0 Å². The molecule has 23 heavy (non-hydrogen) atoms. The first-order valence-electron chi connectivity index (χ1n) is 7.54. The summed E-state index contributed by atoms with van der Waals surface area (Å²) in [6.45, 7) is 4.90. The predicted molar refractivity (Wildman–Crippen MR) is 90.3 cm³/mol. The van der Waals surface area contributed by atoms with Crippen LogP contribution >= 0.6 is 12.4 Å². The second-order valence-electron chi connectivity index (χ2n) is 5.74. The van der Waals surface area contributed by atoms with Gasteiger partial charge in [0.05, 0.1) is 19.6 Å². The highest BCUT2D eigenvalue weighted by Gasteiger charge is 2.25. The van der Waals surface area contributed by atoms with Crippen LogP contribution in [0.5, 0.6) is 5.75 Å². The van der Waals surface area contributed by atoms with Crippen molar-refractivity contribution in [2.75, 3.05) is 33.8 Å². The van der Waals surface area contributed by atoms with E-state index in [4.69, 9.17) is 9.26 Å². The Bertz CT molecular complexity index is 647. The van der Waals surface area contributed by atoms with Crippen LogP contribution in [0.2, 0.25) is 0 Å². The quantitative estimate of drug-likeness (QED) is 0.919. The normalized spacial score (nSPS) is 18.5. The fourth-order valence-corrected chi connectivity index (χ4v) is 2.78. The molecule has 6 nitrogen and oxygen atoms in total. The lowest BCUT2D eigenvalue weighted by molar-refractivity contribution is 0.190. The number of nitrogens with one attached hydrogen (secondary N) is 1. The third kappa shape index (κ3) is 4.02. The summed E-state index contributed by atoms with van der Waals surface area (Å²) in [6, 6.07) is 6.27. The zero-order chi connectivity index (χ0) is 15.5. The van der Waals surface area contributed by atoms with Crippen molar-refractivity contribution in [1.82, 2.24) is 20.4 Å². The summed E-state index contributed by atoms with van der Waals surface area (Å²) in [6.07, 6.45) is 0.585. The summed E-state index contributed by atoms with van der Waals surface area (Å²) in [5.74, 6) is 2.22. The Balaban J connectivity index is 0.00000192. The lowest BCUT2D eigenvalue weighted by Crippen LogP contribution is -2.44. The van der Waals surface area contributed by atoms with Crippen LogP contribution in [0.1, 0.15) is 28.9 Å². The van der Waals surface area contributed by atoms with Crippen LogP contribution in [0.15, 0.2) is 22.7 Å². The molecule has 126 valence electrons. The van der Waals surface area contributed by atoms with E-state index in [1.807, 2.05) is 12.1 Å². The number of halogens is 1. The SMILES string of the molecule is COc1ccc(C)cc1Cc1nc(C2CNCCN2C)no1.Cl. The Labute approximate surface area is 142 Å². The third-order valence-electron chi connectivity index (χ3n) is 4.07. The van der Waals surface area contributed by atoms with E-state index in [0.717, 1.165) is 36.8 Å². The van der Waals surface area contributed by atoms with E-state index in [1.54, 1.807) is 7.11 Å². The van der Waals surface area contributed by atoms with Gasteiger partial charge < -0.3 is 14.6 Å². The first kappa shape index (κ1) is 17.7. The molecule has 1 aliphatic rings. The van der Waals surface area contributed by atoms with E-state index in [0.29, 0.717) is 12.3 Å². The number of methoxy groups -OCH3 is 1. The smallest absolute Gasteiger partial charge is 0.231 e. The van der Waals surface area contributed by atoms with Gasteiger partial charge in [0.25, 0.3) is 0 Å². The van der Waals surface area contributed by atoms with Gasteiger partial charge >= 0.3 is 0 Å². The van der Waals surface area contributed by atoms with Crippen molar-refractivity contribution < 1.29 is 9.26 Å². The van der Waals surface area contributed by atoms with Gasteiger partial charge in [-0.1, -0.05) is 22.9 Å². The molecule has 0 bridgehead atoms. The van der Waals surface area contributed by atoms with Crippen molar-refractivity contribution in [3.8, 4) is 5.75 Å². The van der Waals surface area contributed by atoms with Crippen molar-refractivity contribution in [3.63, 3.8) is 0 Å². The van der Waals surface area contributed by atoms with E-state index in [1.165, 1.54) is 5.56 Å². The average Bonchev–Trinajstić information content (AvgIpc) is 2.96. The molecule has 7 heteroatoms. The number of rotatable bonds is 4. The molecular formula is C16H23ClN4O2. The summed E-state index contributed by atoms with van der Waals surface area (Å²) in [7, 11) is 3.77. The molecule has 1 unspecified atom stereocenters. The van der Waals surface area contributed by atoms with Crippen molar-refractivity contribution >= 4 is 12.4 Å². The highest BCUT2D eigenvalue weighted by molar-refractivity contribution is 5.85. The van der Waals surface area contributed by atoms with Gasteiger partial charge in [-0.15, -0.1) is 12.4 Å². The maximum absolute atomic E-state index is 5.44. The van der Waals surface area contributed by atoms with Crippen LogP contribution < -0.4 is 10.1 Å². The van der Waals surface area contributed by atoms with Gasteiger partial charge in [0.1, 0.15) is 5.75 Å². The maximum atomic E-state index is 5.44. The Morgan fingerprint density at radius 2 is 2.26 bits per heavy atom. The minimum atomic E-state index is 0. The zero-order valence-corrected chi connectivity index (χ0v) is 14.5. The van der Waals surface area contributed by atoms with Gasteiger partial charge in [0.2, 0.25) is 5.89 Å². The molecule has 1 aliphatic heterocycles. The molecule has 0 amide bonds. The minimum absolute atomic E-state index is 0. The average molecular weight is 339 g/mol. The Morgan fingerprint density at radius 1 is 1.43 bits per heavy atom.